The topological polar surface area (TPSA) is 69.7 Å². The molecule has 1 N–H and O–H groups in total. The molecular weight excluding hydrogens is 330 g/mol. The fraction of sp³-hybridized carbons (Fsp3) is 0.850. The SMILES string of the molecule is CCC(=O)N1CCC([C@H](NC(=O)CC(C)C)C(=O)N2CCCCC2)CC1. The van der Waals surface area contributed by atoms with Crippen molar-refractivity contribution in [1.82, 2.24) is 15.1 Å². The Labute approximate surface area is 157 Å². The fourth-order valence-electron chi connectivity index (χ4n) is 4.00. The van der Waals surface area contributed by atoms with Crippen molar-refractivity contribution in [3.63, 3.8) is 0 Å². The van der Waals surface area contributed by atoms with Gasteiger partial charge in [0.2, 0.25) is 17.7 Å². The summed E-state index contributed by atoms with van der Waals surface area (Å²) in [6, 6.07) is -0.446. The van der Waals surface area contributed by atoms with Gasteiger partial charge in [-0.05, 0) is 43.9 Å². The van der Waals surface area contributed by atoms with Gasteiger partial charge in [0.05, 0.1) is 0 Å². The zero-order valence-corrected chi connectivity index (χ0v) is 16.6. The van der Waals surface area contributed by atoms with Gasteiger partial charge in [-0.15, -0.1) is 0 Å². The van der Waals surface area contributed by atoms with Crippen LogP contribution < -0.4 is 5.32 Å². The lowest BCUT2D eigenvalue weighted by molar-refractivity contribution is -0.140. The van der Waals surface area contributed by atoms with Gasteiger partial charge in [-0.3, -0.25) is 14.4 Å². The van der Waals surface area contributed by atoms with Crippen LogP contribution in [0.4, 0.5) is 0 Å². The first-order chi connectivity index (χ1) is 12.4. The maximum absolute atomic E-state index is 13.1. The Kier molecular flexibility index (Phi) is 7.91. The van der Waals surface area contributed by atoms with Gasteiger partial charge in [-0.2, -0.15) is 0 Å². The van der Waals surface area contributed by atoms with Gasteiger partial charge >= 0.3 is 0 Å². The molecule has 0 aromatic carbocycles. The van der Waals surface area contributed by atoms with Gasteiger partial charge in [0.15, 0.2) is 0 Å². The highest BCUT2D eigenvalue weighted by atomic mass is 16.2. The summed E-state index contributed by atoms with van der Waals surface area (Å²) in [5, 5.41) is 3.04. The summed E-state index contributed by atoms with van der Waals surface area (Å²) in [6.45, 7) is 8.85. The van der Waals surface area contributed by atoms with E-state index in [1.807, 2.05) is 30.6 Å². The first-order valence-electron chi connectivity index (χ1n) is 10.3. The van der Waals surface area contributed by atoms with E-state index in [4.69, 9.17) is 0 Å². The number of nitrogens with zero attached hydrogens (tertiary/aromatic N) is 2. The molecule has 26 heavy (non-hydrogen) atoms. The van der Waals surface area contributed by atoms with Crippen molar-refractivity contribution in [3.05, 3.63) is 0 Å². The summed E-state index contributed by atoms with van der Waals surface area (Å²) < 4.78 is 0. The molecule has 2 fully saturated rings. The van der Waals surface area contributed by atoms with E-state index in [1.165, 1.54) is 6.42 Å². The van der Waals surface area contributed by atoms with Gasteiger partial charge in [-0.1, -0.05) is 20.8 Å². The number of likely N-dealkylation sites (tertiary alicyclic amines) is 2. The summed E-state index contributed by atoms with van der Waals surface area (Å²) >= 11 is 0. The summed E-state index contributed by atoms with van der Waals surface area (Å²) in [4.78, 5) is 41.2. The standard InChI is InChI=1S/C20H35N3O3/c1-4-18(25)22-12-8-16(9-13-22)19(21-17(24)14-15(2)3)20(26)23-10-6-5-7-11-23/h15-16,19H,4-14H2,1-3H3,(H,21,24)/t19-/m0/s1. The molecule has 0 radical (unpaired) electrons. The minimum atomic E-state index is -0.446. The van der Waals surface area contributed by atoms with Crippen molar-refractivity contribution >= 4 is 17.7 Å². The zero-order valence-electron chi connectivity index (χ0n) is 16.6. The lowest BCUT2D eigenvalue weighted by atomic mass is 9.87. The fourth-order valence-corrected chi connectivity index (χ4v) is 4.00. The molecule has 0 saturated carbocycles. The molecule has 0 spiro atoms. The van der Waals surface area contributed by atoms with Crippen molar-refractivity contribution in [2.24, 2.45) is 11.8 Å². The number of rotatable bonds is 6. The number of carbonyl (C=O) groups is 3. The van der Waals surface area contributed by atoms with Crippen molar-refractivity contribution < 1.29 is 14.4 Å². The Morgan fingerprint density at radius 3 is 2.12 bits per heavy atom. The van der Waals surface area contributed by atoms with E-state index in [2.05, 4.69) is 5.32 Å². The van der Waals surface area contributed by atoms with Crippen LogP contribution >= 0.6 is 0 Å². The molecule has 6 nitrogen and oxygen atoms in total. The number of hydrogen-bond donors (Lipinski definition) is 1. The van der Waals surface area contributed by atoms with Crippen LogP contribution in [0.3, 0.4) is 0 Å². The molecule has 6 heteroatoms. The first-order valence-corrected chi connectivity index (χ1v) is 10.3. The van der Waals surface area contributed by atoms with Gasteiger partial charge < -0.3 is 15.1 Å². The van der Waals surface area contributed by atoms with Crippen LogP contribution in [0, 0.1) is 11.8 Å². The number of piperidine rings is 2. The molecule has 0 aromatic rings. The van der Waals surface area contributed by atoms with E-state index in [0.29, 0.717) is 25.9 Å². The van der Waals surface area contributed by atoms with E-state index in [9.17, 15) is 14.4 Å². The zero-order chi connectivity index (χ0) is 19.1. The van der Waals surface area contributed by atoms with Gasteiger partial charge in [-0.25, -0.2) is 0 Å². The highest BCUT2D eigenvalue weighted by Gasteiger charge is 2.36. The average molecular weight is 366 g/mol. The number of amides is 3. The third-order valence-electron chi connectivity index (χ3n) is 5.51. The molecule has 2 saturated heterocycles. The maximum atomic E-state index is 13.1. The third kappa shape index (κ3) is 5.71. The van der Waals surface area contributed by atoms with Gasteiger partial charge in [0.25, 0.3) is 0 Å². The number of nitrogens with one attached hydrogen (secondary N) is 1. The van der Waals surface area contributed by atoms with Crippen molar-refractivity contribution in [3.8, 4) is 0 Å². The average Bonchev–Trinajstić information content (AvgIpc) is 2.65. The molecule has 1 atom stereocenters. The Morgan fingerprint density at radius 2 is 1.58 bits per heavy atom. The molecular formula is C20H35N3O3. The van der Waals surface area contributed by atoms with Crippen LogP contribution in [-0.2, 0) is 14.4 Å². The Hall–Kier alpha value is -1.59. The Balaban J connectivity index is 2.03. The van der Waals surface area contributed by atoms with Gasteiger partial charge in [0, 0.05) is 39.0 Å². The monoisotopic (exact) mass is 365 g/mol. The normalized spacial score (nSPS) is 20.2. The quantitative estimate of drug-likeness (QED) is 0.784. The van der Waals surface area contributed by atoms with Gasteiger partial charge in [0.1, 0.15) is 6.04 Å². The van der Waals surface area contributed by atoms with Crippen LogP contribution in [0.25, 0.3) is 0 Å². The van der Waals surface area contributed by atoms with Crippen LogP contribution in [-0.4, -0.2) is 59.7 Å². The maximum Gasteiger partial charge on any atom is 0.245 e. The van der Waals surface area contributed by atoms with E-state index in [0.717, 1.165) is 38.8 Å². The summed E-state index contributed by atoms with van der Waals surface area (Å²) in [7, 11) is 0. The minimum absolute atomic E-state index is 0.0394. The van der Waals surface area contributed by atoms with E-state index in [1.54, 1.807) is 0 Å². The highest BCUT2D eigenvalue weighted by Crippen LogP contribution is 2.24. The number of carbonyl (C=O) groups excluding carboxylic acids is 3. The molecule has 3 amide bonds. The van der Waals surface area contributed by atoms with Crippen LogP contribution in [0.15, 0.2) is 0 Å². The molecule has 2 heterocycles. The lowest BCUT2D eigenvalue weighted by Crippen LogP contribution is -2.55. The second kappa shape index (κ2) is 9.93. The van der Waals surface area contributed by atoms with Crippen molar-refractivity contribution in [2.45, 2.75) is 71.8 Å². The highest BCUT2D eigenvalue weighted by molar-refractivity contribution is 5.88. The van der Waals surface area contributed by atoms with Crippen LogP contribution in [0.1, 0.15) is 65.7 Å². The smallest absolute Gasteiger partial charge is 0.245 e. The lowest BCUT2D eigenvalue weighted by Gasteiger charge is -2.38. The van der Waals surface area contributed by atoms with Crippen LogP contribution in [0.5, 0.6) is 0 Å². The second-order valence-electron chi connectivity index (χ2n) is 8.10. The van der Waals surface area contributed by atoms with Crippen molar-refractivity contribution in [2.75, 3.05) is 26.2 Å². The summed E-state index contributed by atoms with van der Waals surface area (Å²) in [5.74, 6) is 0.585. The third-order valence-corrected chi connectivity index (χ3v) is 5.51. The summed E-state index contributed by atoms with van der Waals surface area (Å²) in [5.41, 5.74) is 0. The molecule has 0 aliphatic carbocycles. The predicted octanol–water partition coefficient (Wildman–Crippen LogP) is 2.18. The van der Waals surface area contributed by atoms with E-state index in [-0.39, 0.29) is 29.6 Å². The molecule has 2 aliphatic heterocycles. The van der Waals surface area contributed by atoms with E-state index < -0.39 is 6.04 Å². The van der Waals surface area contributed by atoms with Crippen molar-refractivity contribution in [1.29, 1.82) is 0 Å². The molecule has 148 valence electrons. The van der Waals surface area contributed by atoms with Crippen LogP contribution in [0.2, 0.25) is 0 Å². The molecule has 2 rings (SSSR count). The Bertz CT molecular complexity index is 493. The first kappa shape index (κ1) is 20.7. The van der Waals surface area contributed by atoms with E-state index >= 15 is 0 Å². The summed E-state index contributed by atoms with van der Waals surface area (Å²) in [6.07, 6.45) is 5.77. The molecule has 0 aromatic heterocycles. The molecule has 2 aliphatic rings. The minimum Gasteiger partial charge on any atom is -0.344 e. The Morgan fingerprint density at radius 1 is 0.962 bits per heavy atom. The second-order valence-corrected chi connectivity index (χ2v) is 8.10. The number of hydrogen-bond acceptors (Lipinski definition) is 3. The molecule has 0 bridgehead atoms. The molecule has 0 unspecified atom stereocenters. The largest absolute Gasteiger partial charge is 0.344 e. The predicted molar refractivity (Wildman–Crippen MR) is 101 cm³/mol.